The van der Waals surface area contributed by atoms with Crippen molar-refractivity contribution in [2.75, 3.05) is 19.7 Å². The van der Waals surface area contributed by atoms with E-state index in [0.29, 0.717) is 0 Å². The Morgan fingerprint density at radius 1 is 1.27 bits per heavy atom. The molecule has 0 amide bonds. The van der Waals surface area contributed by atoms with Crippen molar-refractivity contribution in [3.63, 3.8) is 0 Å². The number of hydrogen-bond acceptors (Lipinski definition) is 2. The van der Waals surface area contributed by atoms with Gasteiger partial charge in [0.2, 0.25) is 0 Å². The van der Waals surface area contributed by atoms with E-state index in [9.17, 15) is 0 Å². The summed E-state index contributed by atoms with van der Waals surface area (Å²) in [5.41, 5.74) is 0. The van der Waals surface area contributed by atoms with Gasteiger partial charge in [-0.15, -0.1) is 0 Å². The maximum Gasteiger partial charge on any atom is 0.119 e. The molecule has 0 spiro atoms. The van der Waals surface area contributed by atoms with Gasteiger partial charge in [0.1, 0.15) is 5.75 Å². The fraction of sp³-hybridized carbons (Fsp3) is 0.538. The van der Waals surface area contributed by atoms with E-state index >= 15 is 0 Å². The highest BCUT2D eigenvalue weighted by Gasteiger charge is 2.13. The molecule has 1 fully saturated rings. The van der Waals surface area contributed by atoms with Crippen LogP contribution in [-0.2, 0) is 0 Å². The quantitative estimate of drug-likeness (QED) is 0.746. The Bertz CT molecular complexity index is 267. The summed E-state index contributed by atoms with van der Waals surface area (Å²) in [6.45, 7) is 3.25. The predicted octanol–water partition coefficient (Wildman–Crippen LogP) is 2.46. The molecule has 2 rings (SSSR count). The highest BCUT2D eigenvalue weighted by atomic mass is 16.5. The largest absolute Gasteiger partial charge is 0.494 e. The van der Waals surface area contributed by atoms with Gasteiger partial charge < -0.3 is 10.1 Å². The van der Waals surface area contributed by atoms with Gasteiger partial charge >= 0.3 is 0 Å². The lowest BCUT2D eigenvalue weighted by atomic mass is 10.0. The molecule has 15 heavy (non-hydrogen) atoms. The van der Waals surface area contributed by atoms with Crippen molar-refractivity contribution in [1.82, 2.24) is 5.32 Å². The molecule has 0 saturated carbocycles. The zero-order valence-corrected chi connectivity index (χ0v) is 9.11. The molecular formula is C13H19NO. The van der Waals surface area contributed by atoms with Crippen molar-refractivity contribution < 1.29 is 4.74 Å². The van der Waals surface area contributed by atoms with Crippen LogP contribution in [-0.4, -0.2) is 19.7 Å². The van der Waals surface area contributed by atoms with Crippen LogP contribution in [0.15, 0.2) is 30.3 Å². The number of ether oxygens (including phenoxy) is 1. The molecule has 1 saturated heterocycles. The normalized spacial score (nSPS) is 20.4. The van der Waals surface area contributed by atoms with E-state index in [0.717, 1.165) is 18.3 Å². The van der Waals surface area contributed by atoms with E-state index in [2.05, 4.69) is 5.32 Å². The number of rotatable bonds is 5. The third-order valence-electron chi connectivity index (χ3n) is 2.93. The van der Waals surface area contributed by atoms with Crippen LogP contribution in [0.25, 0.3) is 0 Å². The monoisotopic (exact) mass is 205 g/mol. The molecule has 1 aromatic rings. The predicted molar refractivity (Wildman–Crippen MR) is 62.1 cm³/mol. The minimum atomic E-state index is 0.848. The molecule has 0 radical (unpaired) electrons. The molecule has 1 N–H and O–H groups in total. The minimum Gasteiger partial charge on any atom is -0.494 e. The van der Waals surface area contributed by atoms with Crippen LogP contribution in [0.2, 0.25) is 0 Å². The Balaban J connectivity index is 1.59. The van der Waals surface area contributed by atoms with Crippen LogP contribution in [0.3, 0.4) is 0 Å². The van der Waals surface area contributed by atoms with Gasteiger partial charge in [0.25, 0.3) is 0 Å². The number of hydrogen-bond donors (Lipinski definition) is 1. The number of nitrogens with one attached hydrogen (secondary N) is 1. The molecule has 1 aromatic carbocycles. The average Bonchev–Trinajstić information content (AvgIpc) is 2.79. The van der Waals surface area contributed by atoms with Crippen LogP contribution in [0, 0.1) is 5.92 Å². The maximum atomic E-state index is 5.65. The third-order valence-corrected chi connectivity index (χ3v) is 2.93. The lowest BCUT2D eigenvalue weighted by Crippen LogP contribution is -2.09. The molecule has 1 heterocycles. The molecule has 82 valence electrons. The Morgan fingerprint density at radius 2 is 2.13 bits per heavy atom. The van der Waals surface area contributed by atoms with Crippen LogP contribution < -0.4 is 10.1 Å². The third kappa shape index (κ3) is 3.56. The van der Waals surface area contributed by atoms with Crippen LogP contribution >= 0.6 is 0 Å². The first-order valence-electron chi connectivity index (χ1n) is 5.84. The first kappa shape index (κ1) is 10.5. The topological polar surface area (TPSA) is 21.3 Å². The van der Waals surface area contributed by atoms with Crippen molar-refractivity contribution in [3.8, 4) is 5.75 Å². The van der Waals surface area contributed by atoms with Gasteiger partial charge in [-0.1, -0.05) is 18.2 Å². The second kappa shape index (κ2) is 5.76. The highest BCUT2D eigenvalue weighted by molar-refractivity contribution is 5.20. The van der Waals surface area contributed by atoms with Gasteiger partial charge in [-0.3, -0.25) is 0 Å². The van der Waals surface area contributed by atoms with Crippen molar-refractivity contribution >= 4 is 0 Å². The van der Waals surface area contributed by atoms with Crippen LogP contribution in [0.1, 0.15) is 19.3 Å². The first-order chi connectivity index (χ1) is 7.45. The summed E-state index contributed by atoms with van der Waals surface area (Å²) >= 11 is 0. The van der Waals surface area contributed by atoms with Gasteiger partial charge in [0.15, 0.2) is 0 Å². The molecule has 0 unspecified atom stereocenters. The summed E-state index contributed by atoms with van der Waals surface area (Å²) in [7, 11) is 0. The fourth-order valence-electron chi connectivity index (χ4n) is 2.04. The van der Waals surface area contributed by atoms with Gasteiger partial charge in [-0.05, 0) is 50.4 Å². The van der Waals surface area contributed by atoms with E-state index in [1.807, 2.05) is 30.3 Å². The smallest absolute Gasteiger partial charge is 0.119 e. The summed E-state index contributed by atoms with van der Waals surface area (Å²) < 4.78 is 5.65. The van der Waals surface area contributed by atoms with Gasteiger partial charge in [-0.25, -0.2) is 0 Å². The van der Waals surface area contributed by atoms with E-state index in [1.165, 1.54) is 32.4 Å². The highest BCUT2D eigenvalue weighted by Crippen LogP contribution is 2.15. The Kier molecular flexibility index (Phi) is 4.03. The molecule has 0 aliphatic carbocycles. The van der Waals surface area contributed by atoms with Gasteiger partial charge in [0, 0.05) is 0 Å². The van der Waals surface area contributed by atoms with Gasteiger partial charge in [-0.2, -0.15) is 0 Å². The van der Waals surface area contributed by atoms with Gasteiger partial charge in [0.05, 0.1) is 6.61 Å². The zero-order chi connectivity index (χ0) is 10.3. The Labute approximate surface area is 91.6 Å². The summed E-state index contributed by atoms with van der Waals surface area (Å²) in [6, 6.07) is 10.1. The molecule has 1 aliphatic rings. The number of para-hydroxylation sites is 1. The number of benzene rings is 1. The molecule has 2 heteroatoms. The lowest BCUT2D eigenvalue weighted by molar-refractivity contribution is 0.295. The molecule has 0 aromatic heterocycles. The molecule has 1 atom stereocenters. The van der Waals surface area contributed by atoms with E-state index in [1.54, 1.807) is 0 Å². The first-order valence-corrected chi connectivity index (χ1v) is 5.84. The van der Waals surface area contributed by atoms with Crippen molar-refractivity contribution in [3.05, 3.63) is 30.3 Å². The minimum absolute atomic E-state index is 0.848. The van der Waals surface area contributed by atoms with E-state index in [-0.39, 0.29) is 0 Å². The van der Waals surface area contributed by atoms with E-state index < -0.39 is 0 Å². The van der Waals surface area contributed by atoms with Crippen molar-refractivity contribution in [1.29, 1.82) is 0 Å². The molecule has 0 bridgehead atoms. The zero-order valence-electron chi connectivity index (χ0n) is 9.11. The average molecular weight is 205 g/mol. The van der Waals surface area contributed by atoms with Crippen LogP contribution in [0.5, 0.6) is 5.75 Å². The summed E-state index contributed by atoms with van der Waals surface area (Å²) in [6.07, 6.45) is 3.80. The summed E-state index contributed by atoms with van der Waals surface area (Å²) in [4.78, 5) is 0. The Hall–Kier alpha value is -1.02. The molecular weight excluding hydrogens is 186 g/mol. The standard InChI is InChI=1S/C13H19NO/c1-2-6-13(7-3-1)15-10-4-5-12-8-9-14-11-12/h1-3,6-7,12,14H,4-5,8-11H2/t12-/m1/s1. The Morgan fingerprint density at radius 3 is 2.87 bits per heavy atom. The van der Waals surface area contributed by atoms with E-state index in [4.69, 9.17) is 4.74 Å². The maximum absolute atomic E-state index is 5.65. The SMILES string of the molecule is c1ccc(OCCC[C@@H]2CCNC2)cc1. The summed E-state index contributed by atoms with van der Waals surface area (Å²) in [5, 5.41) is 3.39. The summed E-state index contributed by atoms with van der Waals surface area (Å²) in [5.74, 6) is 1.87. The fourth-order valence-corrected chi connectivity index (χ4v) is 2.04. The van der Waals surface area contributed by atoms with Crippen LogP contribution in [0.4, 0.5) is 0 Å². The second-order valence-corrected chi connectivity index (χ2v) is 4.16. The lowest BCUT2D eigenvalue weighted by Gasteiger charge is -2.09. The second-order valence-electron chi connectivity index (χ2n) is 4.16. The molecule has 2 nitrogen and oxygen atoms in total. The van der Waals surface area contributed by atoms with Crippen molar-refractivity contribution in [2.45, 2.75) is 19.3 Å². The molecule has 1 aliphatic heterocycles. The van der Waals surface area contributed by atoms with Crippen molar-refractivity contribution in [2.24, 2.45) is 5.92 Å².